The molecule has 2 aromatic carbocycles. The number of imide groups is 1. The van der Waals surface area contributed by atoms with E-state index in [4.69, 9.17) is 9.47 Å². The zero-order valence-electron chi connectivity index (χ0n) is 18.0. The number of fused-ring (bicyclic) bond motifs is 1. The van der Waals surface area contributed by atoms with Gasteiger partial charge in [0, 0.05) is 12.3 Å². The summed E-state index contributed by atoms with van der Waals surface area (Å²) in [5.41, 5.74) is 3.13. The summed E-state index contributed by atoms with van der Waals surface area (Å²) in [6, 6.07) is 9.82. The Hall–Kier alpha value is -3.52. The number of carbonyl (C=O) groups excluding carboxylic acids is 4. The van der Waals surface area contributed by atoms with E-state index in [-0.39, 0.29) is 29.3 Å². The predicted molar refractivity (Wildman–Crippen MR) is 116 cm³/mol. The Labute approximate surface area is 185 Å². The van der Waals surface area contributed by atoms with Gasteiger partial charge in [-0.25, -0.2) is 4.79 Å². The summed E-state index contributed by atoms with van der Waals surface area (Å²) >= 11 is 0. The highest BCUT2D eigenvalue weighted by molar-refractivity contribution is 6.22. The van der Waals surface area contributed by atoms with E-state index in [1.165, 1.54) is 18.2 Å². The summed E-state index contributed by atoms with van der Waals surface area (Å²) in [5.74, 6) is -2.07. The van der Waals surface area contributed by atoms with Crippen LogP contribution in [0.3, 0.4) is 0 Å². The van der Waals surface area contributed by atoms with E-state index in [9.17, 15) is 19.2 Å². The van der Waals surface area contributed by atoms with Crippen LogP contribution in [0.4, 0.5) is 5.69 Å². The van der Waals surface area contributed by atoms with Crippen LogP contribution < -0.4 is 5.32 Å². The van der Waals surface area contributed by atoms with E-state index in [0.29, 0.717) is 12.3 Å². The van der Waals surface area contributed by atoms with Crippen molar-refractivity contribution in [3.8, 4) is 0 Å². The smallest absolute Gasteiger partial charge is 0.338 e. The summed E-state index contributed by atoms with van der Waals surface area (Å²) in [6.45, 7) is 4.20. The quantitative estimate of drug-likeness (QED) is 0.552. The Balaban J connectivity index is 1.38. The highest BCUT2D eigenvalue weighted by atomic mass is 16.5. The maximum absolute atomic E-state index is 12.7. The van der Waals surface area contributed by atoms with Crippen molar-refractivity contribution in [1.82, 2.24) is 4.90 Å². The molecule has 1 saturated heterocycles. The van der Waals surface area contributed by atoms with Gasteiger partial charge in [0.1, 0.15) is 0 Å². The van der Waals surface area contributed by atoms with Gasteiger partial charge in [-0.1, -0.05) is 6.07 Å². The van der Waals surface area contributed by atoms with Crippen LogP contribution in [-0.2, 0) is 14.3 Å². The number of ether oxygens (including phenoxy) is 2. The van der Waals surface area contributed by atoms with Gasteiger partial charge in [0.2, 0.25) is 0 Å². The molecule has 8 heteroatoms. The molecule has 0 aromatic heterocycles. The van der Waals surface area contributed by atoms with Crippen molar-refractivity contribution in [3.63, 3.8) is 0 Å². The Morgan fingerprint density at radius 3 is 2.47 bits per heavy atom. The van der Waals surface area contributed by atoms with Crippen molar-refractivity contribution < 1.29 is 28.7 Å². The topological polar surface area (TPSA) is 102 Å². The summed E-state index contributed by atoms with van der Waals surface area (Å²) in [7, 11) is 0. The molecule has 2 aromatic rings. The fraction of sp³-hybridized carbons (Fsp3) is 0.333. The van der Waals surface area contributed by atoms with Crippen LogP contribution in [0.1, 0.15) is 55.0 Å². The second-order valence-corrected chi connectivity index (χ2v) is 8.12. The van der Waals surface area contributed by atoms with Crippen LogP contribution in [0, 0.1) is 13.8 Å². The normalized spacial score (nSPS) is 17.4. The molecule has 0 aliphatic carbocycles. The van der Waals surface area contributed by atoms with Crippen LogP contribution in [0.15, 0.2) is 36.4 Å². The number of carbonyl (C=O) groups is 4. The van der Waals surface area contributed by atoms with Gasteiger partial charge in [-0.2, -0.15) is 0 Å². The van der Waals surface area contributed by atoms with Gasteiger partial charge in [0.05, 0.1) is 29.3 Å². The van der Waals surface area contributed by atoms with Crippen molar-refractivity contribution in [1.29, 1.82) is 0 Å². The van der Waals surface area contributed by atoms with Crippen molar-refractivity contribution in [2.24, 2.45) is 0 Å². The number of benzene rings is 2. The van der Waals surface area contributed by atoms with E-state index in [0.717, 1.165) is 28.9 Å². The highest BCUT2D eigenvalue weighted by Gasteiger charge is 2.38. The number of aryl methyl sites for hydroxylation is 2. The van der Waals surface area contributed by atoms with Crippen molar-refractivity contribution in [3.05, 3.63) is 64.2 Å². The third-order valence-electron chi connectivity index (χ3n) is 5.46. The molecule has 3 amide bonds. The van der Waals surface area contributed by atoms with E-state index < -0.39 is 30.3 Å². The van der Waals surface area contributed by atoms with E-state index in [1.54, 1.807) is 0 Å². The number of esters is 1. The average Bonchev–Trinajstić information content (AvgIpc) is 3.34. The SMILES string of the molecule is Cc1cc(C)cc(NC(=O)COC(=O)c2ccc3c(c2)C(=O)N(C[C@@H]2CCCO2)C3=O)c1. The first-order valence-electron chi connectivity index (χ1n) is 10.5. The Bertz CT molecular complexity index is 1080. The molecule has 1 atom stereocenters. The second-order valence-electron chi connectivity index (χ2n) is 8.12. The fourth-order valence-electron chi connectivity index (χ4n) is 4.03. The maximum Gasteiger partial charge on any atom is 0.338 e. The molecule has 4 rings (SSSR count). The van der Waals surface area contributed by atoms with Gasteiger partial charge in [0.25, 0.3) is 17.7 Å². The van der Waals surface area contributed by atoms with Gasteiger partial charge < -0.3 is 14.8 Å². The van der Waals surface area contributed by atoms with Crippen molar-refractivity contribution in [2.45, 2.75) is 32.8 Å². The Kier molecular flexibility index (Phi) is 6.05. The molecular weight excluding hydrogens is 412 g/mol. The zero-order chi connectivity index (χ0) is 22.8. The van der Waals surface area contributed by atoms with Gasteiger partial charge in [-0.05, 0) is 68.1 Å². The fourth-order valence-corrected chi connectivity index (χ4v) is 4.03. The Morgan fingerprint density at radius 1 is 1.06 bits per heavy atom. The first kappa shape index (κ1) is 21.7. The van der Waals surface area contributed by atoms with Crippen LogP contribution in [0.5, 0.6) is 0 Å². The molecule has 8 nitrogen and oxygen atoms in total. The standard InChI is InChI=1S/C24H24N2O6/c1-14-8-15(2)10-17(9-14)25-21(27)13-32-24(30)16-5-6-19-20(11-16)23(29)26(22(19)28)12-18-4-3-7-31-18/h5-6,8-11,18H,3-4,7,12-13H2,1-2H3,(H,25,27)/t18-/m0/s1. The molecule has 166 valence electrons. The molecule has 2 heterocycles. The minimum Gasteiger partial charge on any atom is -0.452 e. The highest BCUT2D eigenvalue weighted by Crippen LogP contribution is 2.26. The summed E-state index contributed by atoms with van der Waals surface area (Å²) in [6.07, 6.45) is 1.55. The lowest BCUT2D eigenvalue weighted by molar-refractivity contribution is -0.119. The molecule has 0 saturated carbocycles. The third kappa shape index (κ3) is 4.55. The molecule has 2 aliphatic heterocycles. The van der Waals surface area contributed by atoms with Crippen molar-refractivity contribution in [2.75, 3.05) is 25.1 Å². The number of nitrogens with one attached hydrogen (secondary N) is 1. The predicted octanol–water partition coefficient (Wildman–Crippen LogP) is 2.87. The van der Waals surface area contributed by atoms with Gasteiger partial charge >= 0.3 is 5.97 Å². The molecule has 32 heavy (non-hydrogen) atoms. The molecule has 0 radical (unpaired) electrons. The van der Waals surface area contributed by atoms with Gasteiger partial charge in [0.15, 0.2) is 6.61 Å². The van der Waals surface area contributed by atoms with Gasteiger partial charge in [-0.3, -0.25) is 19.3 Å². The van der Waals surface area contributed by atoms with E-state index >= 15 is 0 Å². The van der Waals surface area contributed by atoms with Crippen molar-refractivity contribution >= 4 is 29.4 Å². The number of rotatable bonds is 6. The molecule has 1 N–H and O–H groups in total. The molecular formula is C24H24N2O6. The first-order chi connectivity index (χ1) is 15.3. The molecule has 2 aliphatic rings. The first-order valence-corrected chi connectivity index (χ1v) is 10.5. The minimum atomic E-state index is -0.749. The maximum atomic E-state index is 12.7. The summed E-state index contributed by atoms with van der Waals surface area (Å²) in [4.78, 5) is 51.1. The third-order valence-corrected chi connectivity index (χ3v) is 5.46. The summed E-state index contributed by atoms with van der Waals surface area (Å²) in [5, 5.41) is 2.69. The molecule has 0 spiro atoms. The molecule has 0 unspecified atom stereocenters. The van der Waals surface area contributed by atoms with Crippen LogP contribution in [0.2, 0.25) is 0 Å². The number of hydrogen-bond acceptors (Lipinski definition) is 6. The number of amides is 3. The van der Waals surface area contributed by atoms with Crippen LogP contribution >= 0.6 is 0 Å². The lowest BCUT2D eigenvalue weighted by atomic mass is 10.1. The largest absolute Gasteiger partial charge is 0.452 e. The van der Waals surface area contributed by atoms with E-state index in [1.807, 2.05) is 32.0 Å². The summed E-state index contributed by atoms with van der Waals surface area (Å²) < 4.78 is 10.6. The minimum absolute atomic E-state index is 0.100. The lowest BCUT2D eigenvalue weighted by Gasteiger charge is -2.17. The second kappa shape index (κ2) is 8.92. The molecule has 1 fully saturated rings. The Morgan fingerprint density at radius 2 is 1.78 bits per heavy atom. The monoisotopic (exact) mass is 436 g/mol. The van der Waals surface area contributed by atoms with Gasteiger partial charge in [-0.15, -0.1) is 0 Å². The number of nitrogens with zero attached hydrogens (tertiary/aromatic N) is 1. The number of anilines is 1. The average molecular weight is 436 g/mol. The zero-order valence-corrected chi connectivity index (χ0v) is 18.0. The number of hydrogen-bond donors (Lipinski definition) is 1. The van der Waals surface area contributed by atoms with Crippen LogP contribution in [0.25, 0.3) is 0 Å². The molecule has 0 bridgehead atoms. The van der Waals surface area contributed by atoms with Crippen LogP contribution in [-0.4, -0.2) is 54.5 Å². The van der Waals surface area contributed by atoms with E-state index in [2.05, 4.69) is 5.32 Å². The lowest BCUT2D eigenvalue weighted by Crippen LogP contribution is -2.36.